The Balaban J connectivity index is 2.25. The predicted octanol–water partition coefficient (Wildman–Crippen LogP) is 1.02. The molecule has 1 heterocycles. The zero-order valence-corrected chi connectivity index (χ0v) is 8.81. The normalized spacial score (nSPS) is 21.1. The molecule has 13 heavy (non-hydrogen) atoms. The lowest BCUT2D eigenvalue weighted by Gasteiger charge is -2.23. The summed E-state index contributed by atoms with van der Waals surface area (Å²) in [6.45, 7) is 0. The van der Waals surface area contributed by atoms with Crippen LogP contribution in [-0.2, 0) is 9.53 Å². The summed E-state index contributed by atoms with van der Waals surface area (Å²) in [5, 5.41) is 0. The van der Waals surface area contributed by atoms with Crippen LogP contribution in [0.15, 0.2) is 0 Å². The molecule has 0 spiro atoms. The topological polar surface area (TPSA) is 52.3 Å². The molecule has 0 bridgehead atoms. The Bertz CT molecular complexity index is 169. The molecule has 0 amide bonds. The highest BCUT2D eigenvalue weighted by Gasteiger charge is 2.21. The zero-order valence-electron chi connectivity index (χ0n) is 7.99. The van der Waals surface area contributed by atoms with Gasteiger partial charge in [0, 0.05) is 0 Å². The molecule has 1 aliphatic rings. The van der Waals surface area contributed by atoms with Crippen LogP contribution < -0.4 is 5.73 Å². The first-order chi connectivity index (χ1) is 6.24. The number of carbonyl (C=O) groups is 1. The molecule has 1 aliphatic heterocycles. The van der Waals surface area contributed by atoms with E-state index in [9.17, 15) is 4.79 Å². The van der Waals surface area contributed by atoms with Gasteiger partial charge in [-0.15, -0.1) is 0 Å². The summed E-state index contributed by atoms with van der Waals surface area (Å²) in [7, 11) is 1.39. The third kappa shape index (κ3) is 3.56. The number of rotatable bonds is 3. The van der Waals surface area contributed by atoms with Crippen molar-refractivity contribution in [2.24, 2.45) is 11.7 Å². The Kier molecular flexibility index (Phi) is 4.59. The van der Waals surface area contributed by atoms with Gasteiger partial charge >= 0.3 is 5.97 Å². The van der Waals surface area contributed by atoms with Crippen LogP contribution in [-0.4, -0.2) is 30.6 Å². The predicted molar refractivity (Wildman–Crippen MR) is 54.7 cm³/mol. The SMILES string of the molecule is COC(=O)C(N)CC1CCSCC1. The van der Waals surface area contributed by atoms with Crippen molar-refractivity contribution in [3.8, 4) is 0 Å². The maximum atomic E-state index is 11.0. The lowest BCUT2D eigenvalue weighted by atomic mass is 9.95. The second kappa shape index (κ2) is 5.50. The second-order valence-electron chi connectivity index (χ2n) is 3.42. The fraction of sp³-hybridized carbons (Fsp3) is 0.889. The Morgan fingerprint density at radius 3 is 2.77 bits per heavy atom. The number of thioether (sulfide) groups is 1. The van der Waals surface area contributed by atoms with Crippen LogP contribution >= 0.6 is 11.8 Å². The van der Waals surface area contributed by atoms with Crippen molar-refractivity contribution in [3.63, 3.8) is 0 Å². The number of hydrogen-bond acceptors (Lipinski definition) is 4. The average Bonchev–Trinajstić information content (AvgIpc) is 2.18. The van der Waals surface area contributed by atoms with Gasteiger partial charge in [-0.05, 0) is 36.7 Å². The smallest absolute Gasteiger partial charge is 0.322 e. The maximum absolute atomic E-state index is 11.0. The molecule has 0 radical (unpaired) electrons. The molecule has 1 fully saturated rings. The van der Waals surface area contributed by atoms with Crippen LogP contribution in [0.5, 0.6) is 0 Å². The summed E-state index contributed by atoms with van der Waals surface area (Å²) in [4.78, 5) is 11.0. The molecule has 1 saturated heterocycles. The first-order valence-corrected chi connectivity index (χ1v) is 5.80. The highest BCUT2D eigenvalue weighted by molar-refractivity contribution is 7.99. The van der Waals surface area contributed by atoms with Gasteiger partial charge in [-0.3, -0.25) is 4.79 Å². The van der Waals surface area contributed by atoms with Crippen LogP contribution in [0.3, 0.4) is 0 Å². The summed E-state index contributed by atoms with van der Waals surface area (Å²) in [5.41, 5.74) is 5.68. The number of ether oxygens (including phenoxy) is 1. The lowest BCUT2D eigenvalue weighted by Crippen LogP contribution is -2.34. The first kappa shape index (κ1) is 10.9. The number of carbonyl (C=O) groups excluding carboxylic acids is 1. The summed E-state index contributed by atoms with van der Waals surface area (Å²) in [6.07, 6.45) is 3.16. The van der Waals surface area contributed by atoms with E-state index < -0.39 is 6.04 Å². The molecule has 1 atom stereocenters. The molecule has 76 valence electrons. The fourth-order valence-corrected chi connectivity index (χ4v) is 2.79. The Labute approximate surface area is 83.4 Å². The molecule has 0 aromatic heterocycles. The van der Waals surface area contributed by atoms with Gasteiger partial charge in [0.05, 0.1) is 7.11 Å². The van der Waals surface area contributed by atoms with E-state index in [-0.39, 0.29) is 5.97 Å². The van der Waals surface area contributed by atoms with Crippen molar-refractivity contribution in [3.05, 3.63) is 0 Å². The van der Waals surface area contributed by atoms with Gasteiger partial charge < -0.3 is 10.5 Å². The minimum absolute atomic E-state index is 0.279. The van der Waals surface area contributed by atoms with Crippen LogP contribution in [0, 0.1) is 5.92 Å². The Hall–Kier alpha value is -0.220. The minimum atomic E-state index is -0.418. The molecule has 4 heteroatoms. The van der Waals surface area contributed by atoms with E-state index in [1.807, 2.05) is 11.8 Å². The molecular weight excluding hydrogens is 186 g/mol. The van der Waals surface area contributed by atoms with Crippen LogP contribution in [0.1, 0.15) is 19.3 Å². The summed E-state index contributed by atoms with van der Waals surface area (Å²) in [6, 6.07) is -0.418. The third-order valence-electron chi connectivity index (χ3n) is 2.43. The van der Waals surface area contributed by atoms with Gasteiger partial charge in [0.25, 0.3) is 0 Å². The number of hydrogen-bond donors (Lipinski definition) is 1. The molecule has 3 nitrogen and oxygen atoms in total. The number of esters is 1. The highest BCUT2D eigenvalue weighted by Crippen LogP contribution is 2.25. The van der Waals surface area contributed by atoms with Crippen LogP contribution in [0.25, 0.3) is 0 Å². The van der Waals surface area contributed by atoms with Crippen molar-refractivity contribution in [1.82, 2.24) is 0 Å². The average molecular weight is 203 g/mol. The van der Waals surface area contributed by atoms with E-state index in [1.54, 1.807) is 0 Å². The molecule has 0 aromatic rings. The van der Waals surface area contributed by atoms with E-state index in [1.165, 1.54) is 31.5 Å². The second-order valence-corrected chi connectivity index (χ2v) is 4.65. The van der Waals surface area contributed by atoms with E-state index in [0.29, 0.717) is 5.92 Å². The van der Waals surface area contributed by atoms with Gasteiger partial charge in [0.1, 0.15) is 6.04 Å². The van der Waals surface area contributed by atoms with Crippen LogP contribution in [0.4, 0.5) is 0 Å². The van der Waals surface area contributed by atoms with E-state index in [0.717, 1.165) is 6.42 Å². The Morgan fingerprint density at radius 1 is 1.62 bits per heavy atom. The van der Waals surface area contributed by atoms with Gasteiger partial charge in [0.2, 0.25) is 0 Å². The van der Waals surface area contributed by atoms with Gasteiger partial charge in [-0.25, -0.2) is 0 Å². The van der Waals surface area contributed by atoms with Crippen LogP contribution in [0.2, 0.25) is 0 Å². The van der Waals surface area contributed by atoms with Gasteiger partial charge in [0.15, 0.2) is 0 Å². The summed E-state index contributed by atoms with van der Waals surface area (Å²) < 4.78 is 4.58. The van der Waals surface area contributed by atoms with Crippen molar-refractivity contribution in [2.75, 3.05) is 18.6 Å². The van der Waals surface area contributed by atoms with E-state index in [4.69, 9.17) is 5.73 Å². The molecule has 1 rings (SSSR count). The van der Waals surface area contributed by atoms with Gasteiger partial charge in [-0.1, -0.05) is 0 Å². The van der Waals surface area contributed by atoms with Crippen molar-refractivity contribution < 1.29 is 9.53 Å². The summed E-state index contributed by atoms with van der Waals surface area (Å²) >= 11 is 1.98. The molecule has 2 N–H and O–H groups in total. The monoisotopic (exact) mass is 203 g/mol. The Morgan fingerprint density at radius 2 is 2.23 bits per heavy atom. The van der Waals surface area contributed by atoms with Crippen molar-refractivity contribution in [1.29, 1.82) is 0 Å². The fourth-order valence-electron chi connectivity index (χ4n) is 1.59. The molecule has 0 aliphatic carbocycles. The number of methoxy groups -OCH3 is 1. The van der Waals surface area contributed by atoms with Crippen molar-refractivity contribution >= 4 is 17.7 Å². The lowest BCUT2D eigenvalue weighted by molar-refractivity contribution is -0.142. The minimum Gasteiger partial charge on any atom is -0.468 e. The quantitative estimate of drug-likeness (QED) is 0.696. The molecule has 0 aromatic carbocycles. The van der Waals surface area contributed by atoms with E-state index >= 15 is 0 Å². The molecular formula is C9H17NO2S. The first-order valence-electron chi connectivity index (χ1n) is 4.65. The third-order valence-corrected chi connectivity index (χ3v) is 3.48. The molecule has 0 saturated carbocycles. The zero-order chi connectivity index (χ0) is 9.68. The maximum Gasteiger partial charge on any atom is 0.322 e. The largest absolute Gasteiger partial charge is 0.468 e. The molecule has 1 unspecified atom stereocenters. The summed E-state index contributed by atoms with van der Waals surface area (Å²) in [5.74, 6) is 2.76. The highest BCUT2D eigenvalue weighted by atomic mass is 32.2. The van der Waals surface area contributed by atoms with E-state index in [2.05, 4.69) is 4.74 Å². The number of nitrogens with two attached hydrogens (primary N) is 1. The van der Waals surface area contributed by atoms with Gasteiger partial charge in [-0.2, -0.15) is 11.8 Å². The standard InChI is InChI=1S/C9H17NO2S/c1-12-9(11)8(10)6-7-2-4-13-5-3-7/h7-8H,2-6,10H2,1H3. The van der Waals surface area contributed by atoms with Crippen molar-refractivity contribution in [2.45, 2.75) is 25.3 Å².